The van der Waals surface area contributed by atoms with Gasteiger partial charge in [0.05, 0.1) is 6.10 Å². The Morgan fingerprint density at radius 3 is 2.71 bits per heavy atom. The van der Waals surface area contributed by atoms with Crippen molar-refractivity contribution >= 4 is 0 Å². The van der Waals surface area contributed by atoms with E-state index < -0.39 is 24.5 Å². The molecule has 0 spiro atoms. The van der Waals surface area contributed by atoms with Crippen LogP contribution in [0.15, 0.2) is 42.5 Å². The Kier molecular flexibility index (Phi) is 3.59. The summed E-state index contributed by atoms with van der Waals surface area (Å²) >= 11 is 0. The molecule has 0 aromatic heterocycles. The number of fused-ring (bicyclic) bond motifs is 1. The van der Waals surface area contributed by atoms with Gasteiger partial charge in [-0.15, -0.1) is 0 Å². The fourth-order valence-corrected chi connectivity index (χ4v) is 2.52. The fourth-order valence-electron chi connectivity index (χ4n) is 2.52. The molecule has 0 bridgehead atoms. The molecule has 21 heavy (non-hydrogen) atoms. The zero-order valence-corrected chi connectivity index (χ0v) is 11.0. The average Bonchev–Trinajstić information content (AvgIpc) is 2.48. The highest BCUT2D eigenvalue weighted by Gasteiger charge is 2.28. The van der Waals surface area contributed by atoms with E-state index in [9.17, 15) is 18.3 Å². The average molecular weight is 294 g/mol. The Labute approximate surface area is 119 Å². The Bertz CT molecular complexity index is 658. The lowest BCUT2D eigenvalue weighted by Gasteiger charge is -2.30. The largest absolute Gasteiger partial charge is 0.485 e. The molecule has 1 heterocycles. The first kappa shape index (κ1) is 13.9. The van der Waals surface area contributed by atoms with Gasteiger partial charge in [0, 0.05) is 17.5 Å². The maximum absolute atomic E-state index is 13.2. The number of halogens is 3. The first-order valence-electron chi connectivity index (χ1n) is 6.57. The van der Waals surface area contributed by atoms with Crippen molar-refractivity contribution in [2.45, 2.75) is 25.1 Å². The molecule has 1 aliphatic heterocycles. The predicted octanol–water partition coefficient (Wildman–Crippen LogP) is 4.32. The first-order valence-corrected chi connectivity index (χ1v) is 6.57. The number of benzene rings is 2. The lowest BCUT2D eigenvalue weighted by atomic mass is 9.94. The van der Waals surface area contributed by atoms with Crippen molar-refractivity contribution in [2.24, 2.45) is 0 Å². The van der Waals surface area contributed by atoms with E-state index in [1.807, 2.05) is 0 Å². The van der Waals surface area contributed by atoms with Gasteiger partial charge in [0.1, 0.15) is 17.7 Å². The summed E-state index contributed by atoms with van der Waals surface area (Å²) in [4.78, 5) is 0. The molecule has 0 fully saturated rings. The molecule has 0 radical (unpaired) electrons. The fraction of sp³-hybridized carbons (Fsp3) is 0.250. The summed E-state index contributed by atoms with van der Waals surface area (Å²) in [6, 6.07) is 9.84. The van der Waals surface area contributed by atoms with E-state index >= 15 is 0 Å². The number of alkyl halides is 2. The third-order valence-corrected chi connectivity index (χ3v) is 3.57. The van der Waals surface area contributed by atoms with Crippen LogP contribution < -0.4 is 4.74 Å². The molecular weight excluding hydrogens is 281 g/mol. The van der Waals surface area contributed by atoms with Crippen molar-refractivity contribution in [3.63, 3.8) is 0 Å². The molecule has 2 atom stereocenters. The van der Waals surface area contributed by atoms with E-state index in [1.54, 1.807) is 6.07 Å². The third-order valence-electron chi connectivity index (χ3n) is 3.57. The van der Waals surface area contributed by atoms with Gasteiger partial charge in [-0.3, -0.25) is 0 Å². The van der Waals surface area contributed by atoms with Crippen LogP contribution in [0.2, 0.25) is 0 Å². The van der Waals surface area contributed by atoms with Crippen LogP contribution in [0.5, 0.6) is 5.75 Å². The molecule has 3 rings (SSSR count). The second-order valence-corrected chi connectivity index (χ2v) is 5.01. The van der Waals surface area contributed by atoms with Crippen LogP contribution in [0.1, 0.15) is 41.7 Å². The van der Waals surface area contributed by atoms with E-state index in [2.05, 4.69) is 0 Å². The maximum Gasteiger partial charge on any atom is 0.263 e. The summed E-state index contributed by atoms with van der Waals surface area (Å²) in [5.41, 5.74) is 0.869. The van der Waals surface area contributed by atoms with Gasteiger partial charge in [-0.05, 0) is 29.8 Å². The standard InChI is InChI=1S/C16H13F3O2/c17-11-4-5-14-12(7-11)13(20)8-15(21-14)9-2-1-3-10(6-9)16(18)19/h1-7,13,15-16,20H,8H2/t13-,15?/m0/s1. The Hall–Kier alpha value is -2.01. The van der Waals surface area contributed by atoms with Gasteiger partial charge in [0.2, 0.25) is 0 Å². The van der Waals surface area contributed by atoms with Crippen molar-refractivity contribution in [1.82, 2.24) is 0 Å². The summed E-state index contributed by atoms with van der Waals surface area (Å²) in [5, 5.41) is 10.1. The van der Waals surface area contributed by atoms with Gasteiger partial charge >= 0.3 is 0 Å². The normalized spacial score (nSPS) is 21.0. The van der Waals surface area contributed by atoms with E-state index in [1.165, 1.54) is 36.4 Å². The molecule has 2 aromatic carbocycles. The maximum atomic E-state index is 13.2. The predicted molar refractivity (Wildman–Crippen MR) is 70.7 cm³/mol. The van der Waals surface area contributed by atoms with Gasteiger partial charge in [-0.1, -0.05) is 18.2 Å². The van der Waals surface area contributed by atoms with Gasteiger partial charge in [-0.25, -0.2) is 13.2 Å². The Morgan fingerprint density at radius 2 is 1.95 bits per heavy atom. The Balaban J connectivity index is 1.92. The van der Waals surface area contributed by atoms with E-state index in [4.69, 9.17) is 4.74 Å². The minimum atomic E-state index is -2.56. The summed E-state index contributed by atoms with van der Waals surface area (Å²) in [6.45, 7) is 0. The van der Waals surface area contributed by atoms with Crippen LogP contribution in [0.3, 0.4) is 0 Å². The number of ether oxygens (including phenoxy) is 1. The van der Waals surface area contributed by atoms with Gasteiger partial charge < -0.3 is 9.84 Å². The number of aliphatic hydroxyl groups excluding tert-OH is 1. The minimum Gasteiger partial charge on any atom is -0.485 e. The molecule has 0 saturated carbocycles. The molecule has 5 heteroatoms. The van der Waals surface area contributed by atoms with Crippen molar-refractivity contribution < 1.29 is 23.0 Å². The molecule has 0 amide bonds. The number of hydrogen-bond acceptors (Lipinski definition) is 2. The second kappa shape index (κ2) is 5.41. The zero-order valence-electron chi connectivity index (χ0n) is 11.0. The summed E-state index contributed by atoms with van der Waals surface area (Å²) in [5.74, 6) is -0.0721. The molecule has 110 valence electrons. The van der Waals surface area contributed by atoms with Crippen LogP contribution in [0, 0.1) is 5.82 Å². The molecule has 0 aliphatic carbocycles. The zero-order chi connectivity index (χ0) is 15.0. The van der Waals surface area contributed by atoms with Crippen LogP contribution >= 0.6 is 0 Å². The van der Waals surface area contributed by atoms with E-state index in [0.717, 1.165) is 0 Å². The molecule has 2 nitrogen and oxygen atoms in total. The summed E-state index contributed by atoms with van der Waals surface area (Å²) in [7, 11) is 0. The van der Waals surface area contributed by atoms with Crippen LogP contribution in [0.4, 0.5) is 13.2 Å². The van der Waals surface area contributed by atoms with Crippen LogP contribution in [-0.4, -0.2) is 5.11 Å². The number of rotatable bonds is 2. The minimum absolute atomic E-state index is 0.0875. The molecule has 1 N–H and O–H groups in total. The molecule has 0 saturated heterocycles. The number of hydrogen-bond donors (Lipinski definition) is 1. The van der Waals surface area contributed by atoms with E-state index in [0.29, 0.717) is 16.9 Å². The summed E-state index contributed by atoms with van der Waals surface area (Å²) in [6.07, 6.45) is -3.77. The SMILES string of the molecule is O[C@H]1CC(c2cccc(C(F)F)c2)Oc2ccc(F)cc21. The highest BCUT2D eigenvalue weighted by atomic mass is 19.3. The monoisotopic (exact) mass is 294 g/mol. The van der Waals surface area contributed by atoms with Crippen molar-refractivity contribution in [1.29, 1.82) is 0 Å². The smallest absolute Gasteiger partial charge is 0.263 e. The van der Waals surface area contributed by atoms with Crippen LogP contribution in [0.25, 0.3) is 0 Å². The van der Waals surface area contributed by atoms with Gasteiger partial charge in [0.25, 0.3) is 6.43 Å². The third kappa shape index (κ3) is 2.74. The second-order valence-electron chi connectivity index (χ2n) is 5.01. The van der Waals surface area contributed by atoms with Crippen molar-refractivity contribution in [3.05, 3.63) is 65.0 Å². The molecule has 1 aliphatic rings. The highest BCUT2D eigenvalue weighted by molar-refractivity contribution is 5.39. The molecule has 1 unspecified atom stereocenters. The van der Waals surface area contributed by atoms with Crippen LogP contribution in [-0.2, 0) is 0 Å². The quantitative estimate of drug-likeness (QED) is 0.893. The first-order chi connectivity index (χ1) is 10.0. The van der Waals surface area contributed by atoms with Gasteiger partial charge in [0.15, 0.2) is 0 Å². The lowest BCUT2D eigenvalue weighted by Crippen LogP contribution is -2.19. The highest BCUT2D eigenvalue weighted by Crippen LogP contribution is 2.41. The Morgan fingerprint density at radius 1 is 1.14 bits per heavy atom. The van der Waals surface area contributed by atoms with Crippen molar-refractivity contribution in [2.75, 3.05) is 0 Å². The topological polar surface area (TPSA) is 29.5 Å². The lowest BCUT2D eigenvalue weighted by molar-refractivity contribution is 0.0651. The van der Waals surface area contributed by atoms with Crippen molar-refractivity contribution in [3.8, 4) is 5.75 Å². The molecular formula is C16H13F3O2. The van der Waals surface area contributed by atoms with E-state index in [-0.39, 0.29) is 12.0 Å². The number of aliphatic hydroxyl groups is 1. The summed E-state index contributed by atoms with van der Waals surface area (Å²) < 4.78 is 44.4. The van der Waals surface area contributed by atoms with Gasteiger partial charge in [-0.2, -0.15) is 0 Å². The molecule has 2 aromatic rings.